The number of rotatable bonds is 9. The lowest BCUT2D eigenvalue weighted by Gasteiger charge is -2.18. The molecule has 1 amide bonds. The molecule has 1 heterocycles. The molecule has 0 radical (unpaired) electrons. The van der Waals surface area contributed by atoms with Gasteiger partial charge in [0.05, 0.1) is 11.8 Å². The van der Waals surface area contributed by atoms with Gasteiger partial charge in [-0.05, 0) is 31.5 Å². The first kappa shape index (κ1) is 24.2. The van der Waals surface area contributed by atoms with E-state index >= 15 is 0 Å². The molecule has 4 aromatic rings. The van der Waals surface area contributed by atoms with Crippen molar-refractivity contribution in [2.24, 2.45) is 0 Å². The van der Waals surface area contributed by atoms with Crippen molar-refractivity contribution in [1.29, 1.82) is 0 Å². The summed E-state index contributed by atoms with van der Waals surface area (Å²) in [7, 11) is 0. The van der Waals surface area contributed by atoms with Crippen molar-refractivity contribution in [1.82, 2.24) is 20.1 Å². The van der Waals surface area contributed by atoms with Gasteiger partial charge in [-0.2, -0.15) is 0 Å². The molecule has 0 saturated carbocycles. The van der Waals surface area contributed by atoms with Crippen molar-refractivity contribution in [2.45, 2.75) is 31.1 Å². The molecular weight excluding hydrogens is 460 g/mol. The Morgan fingerprint density at radius 3 is 2.14 bits per heavy atom. The summed E-state index contributed by atoms with van der Waals surface area (Å²) in [4.78, 5) is 25.0. The summed E-state index contributed by atoms with van der Waals surface area (Å²) in [5.41, 5.74) is 2.77. The summed E-state index contributed by atoms with van der Waals surface area (Å²) >= 11 is 1.21. The molecule has 2 unspecified atom stereocenters. The minimum atomic E-state index is -0.916. The summed E-state index contributed by atoms with van der Waals surface area (Å²) in [5, 5.41) is 12.1. The van der Waals surface area contributed by atoms with Crippen LogP contribution in [0.2, 0.25) is 0 Å². The molecule has 8 heteroatoms. The summed E-state index contributed by atoms with van der Waals surface area (Å²) < 4.78 is 7.29. The van der Waals surface area contributed by atoms with Crippen molar-refractivity contribution in [2.75, 3.05) is 5.75 Å². The number of hydrogen-bond donors (Lipinski definition) is 1. The molecule has 0 aliphatic heterocycles. The van der Waals surface area contributed by atoms with E-state index < -0.39 is 12.1 Å². The third-order valence-electron chi connectivity index (χ3n) is 5.33. The fourth-order valence-corrected chi connectivity index (χ4v) is 4.25. The van der Waals surface area contributed by atoms with Crippen molar-refractivity contribution in [3.8, 4) is 17.1 Å². The van der Waals surface area contributed by atoms with E-state index in [1.807, 2.05) is 102 Å². The van der Waals surface area contributed by atoms with Crippen LogP contribution < -0.4 is 5.32 Å². The van der Waals surface area contributed by atoms with Crippen molar-refractivity contribution < 1.29 is 14.3 Å². The lowest BCUT2D eigenvalue weighted by Crippen LogP contribution is -2.37. The highest BCUT2D eigenvalue weighted by atomic mass is 32.2. The molecular formula is C27H26N4O3S. The van der Waals surface area contributed by atoms with Gasteiger partial charge in [-0.3, -0.25) is 14.2 Å². The second-order valence-electron chi connectivity index (χ2n) is 7.90. The Bertz CT molecular complexity index is 1260. The van der Waals surface area contributed by atoms with Crippen LogP contribution in [0.4, 0.5) is 0 Å². The first-order valence-electron chi connectivity index (χ1n) is 11.3. The third kappa shape index (κ3) is 6.16. The molecule has 2 atom stereocenters. The number of nitrogens with zero attached hydrogens (tertiary/aromatic N) is 3. The standard InChI is InChI=1S/C27H26N4O3S/c1-19(21-12-6-3-7-13-21)28-26(33)20(2)34-24(32)18-35-27-30-29-25(22-14-8-4-9-15-22)31(27)23-16-10-5-11-17-23/h3-17,19-20H,18H2,1-2H3,(H,28,33). The highest BCUT2D eigenvalue weighted by Crippen LogP contribution is 2.28. The smallest absolute Gasteiger partial charge is 0.317 e. The van der Waals surface area contributed by atoms with Crippen LogP contribution >= 0.6 is 11.8 Å². The Labute approximate surface area is 208 Å². The number of thioether (sulfide) groups is 1. The average molecular weight is 487 g/mol. The number of nitrogens with one attached hydrogen (secondary N) is 1. The van der Waals surface area contributed by atoms with E-state index in [1.165, 1.54) is 11.8 Å². The number of amides is 1. The van der Waals surface area contributed by atoms with Gasteiger partial charge < -0.3 is 10.1 Å². The molecule has 1 aromatic heterocycles. The maximum Gasteiger partial charge on any atom is 0.317 e. The minimum Gasteiger partial charge on any atom is -0.452 e. The fraction of sp³-hybridized carbons (Fsp3) is 0.185. The summed E-state index contributed by atoms with van der Waals surface area (Å²) in [6.45, 7) is 3.45. The van der Waals surface area contributed by atoms with E-state index in [1.54, 1.807) is 6.92 Å². The number of aromatic nitrogens is 3. The fourth-order valence-electron chi connectivity index (χ4n) is 3.51. The summed E-state index contributed by atoms with van der Waals surface area (Å²) in [5.74, 6) is -0.186. The van der Waals surface area contributed by atoms with E-state index in [9.17, 15) is 9.59 Å². The number of carbonyl (C=O) groups excluding carboxylic acids is 2. The van der Waals surface area contributed by atoms with Gasteiger partial charge in [0.15, 0.2) is 17.1 Å². The van der Waals surface area contributed by atoms with E-state index in [2.05, 4.69) is 15.5 Å². The lowest BCUT2D eigenvalue weighted by atomic mass is 10.1. The molecule has 0 spiro atoms. The Kier molecular flexibility index (Phi) is 7.95. The Morgan fingerprint density at radius 2 is 1.49 bits per heavy atom. The first-order valence-corrected chi connectivity index (χ1v) is 12.3. The first-order chi connectivity index (χ1) is 17.0. The van der Waals surface area contributed by atoms with Gasteiger partial charge in [0, 0.05) is 11.3 Å². The molecule has 178 valence electrons. The topological polar surface area (TPSA) is 86.1 Å². The SMILES string of the molecule is CC(OC(=O)CSc1nnc(-c2ccccc2)n1-c1ccccc1)C(=O)NC(C)c1ccccc1. The van der Waals surface area contributed by atoms with Gasteiger partial charge in [0.2, 0.25) is 0 Å². The van der Waals surface area contributed by atoms with Gasteiger partial charge in [-0.1, -0.05) is 90.6 Å². The van der Waals surface area contributed by atoms with E-state index in [0.29, 0.717) is 11.0 Å². The van der Waals surface area contributed by atoms with Crippen LogP contribution in [-0.2, 0) is 14.3 Å². The predicted molar refractivity (Wildman–Crippen MR) is 136 cm³/mol. The average Bonchev–Trinajstić information content (AvgIpc) is 3.33. The number of para-hydroxylation sites is 1. The van der Waals surface area contributed by atoms with Crippen LogP contribution in [0.1, 0.15) is 25.5 Å². The van der Waals surface area contributed by atoms with Gasteiger partial charge in [0.25, 0.3) is 5.91 Å². The zero-order valence-electron chi connectivity index (χ0n) is 19.5. The van der Waals surface area contributed by atoms with E-state index in [-0.39, 0.29) is 17.7 Å². The van der Waals surface area contributed by atoms with Crippen LogP contribution in [0.15, 0.2) is 96.2 Å². The van der Waals surface area contributed by atoms with Crippen LogP contribution in [0.25, 0.3) is 17.1 Å². The molecule has 0 fully saturated rings. The molecule has 7 nitrogen and oxygen atoms in total. The molecule has 35 heavy (non-hydrogen) atoms. The molecule has 0 aliphatic carbocycles. The second-order valence-corrected chi connectivity index (χ2v) is 8.85. The highest BCUT2D eigenvalue weighted by Gasteiger charge is 2.22. The molecule has 0 saturated heterocycles. The quantitative estimate of drug-likeness (QED) is 0.269. The van der Waals surface area contributed by atoms with Gasteiger partial charge in [0.1, 0.15) is 0 Å². The number of carbonyl (C=O) groups is 2. The summed E-state index contributed by atoms with van der Waals surface area (Å²) in [6, 6.07) is 28.9. The second kappa shape index (κ2) is 11.5. The maximum atomic E-state index is 12.5. The molecule has 4 rings (SSSR count). The van der Waals surface area contributed by atoms with Crippen molar-refractivity contribution in [3.63, 3.8) is 0 Å². The number of benzene rings is 3. The summed E-state index contributed by atoms with van der Waals surface area (Å²) in [6.07, 6.45) is -0.916. The van der Waals surface area contributed by atoms with Gasteiger partial charge in [-0.25, -0.2) is 0 Å². The zero-order chi connectivity index (χ0) is 24.6. The van der Waals surface area contributed by atoms with Crippen LogP contribution in [-0.4, -0.2) is 38.5 Å². The molecule has 0 bridgehead atoms. The largest absolute Gasteiger partial charge is 0.452 e. The minimum absolute atomic E-state index is 0.00832. The van der Waals surface area contributed by atoms with Crippen LogP contribution in [0.3, 0.4) is 0 Å². The monoisotopic (exact) mass is 486 g/mol. The normalized spacial score (nSPS) is 12.5. The van der Waals surface area contributed by atoms with Gasteiger partial charge in [-0.15, -0.1) is 10.2 Å². The predicted octanol–water partition coefficient (Wildman–Crippen LogP) is 4.84. The number of hydrogen-bond acceptors (Lipinski definition) is 6. The van der Waals surface area contributed by atoms with Crippen molar-refractivity contribution >= 4 is 23.6 Å². The Morgan fingerprint density at radius 1 is 0.886 bits per heavy atom. The van der Waals surface area contributed by atoms with Crippen molar-refractivity contribution in [3.05, 3.63) is 96.6 Å². The molecule has 1 N–H and O–H groups in total. The van der Waals surface area contributed by atoms with E-state index in [4.69, 9.17) is 4.74 Å². The third-order valence-corrected chi connectivity index (χ3v) is 6.24. The van der Waals surface area contributed by atoms with E-state index in [0.717, 1.165) is 16.8 Å². The zero-order valence-corrected chi connectivity index (χ0v) is 20.3. The van der Waals surface area contributed by atoms with Crippen LogP contribution in [0, 0.1) is 0 Å². The van der Waals surface area contributed by atoms with Crippen LogP contribution in [0.5, 0.6) is 0 Å². The molecule has 0 aliphatic rings. The Balaban J connectivity index is 1.41. The number of esters is 1. The number of ether oxygens (including phenoxy) is 1. The van der Waals surface area contributed by atoms with Gasteiger partial charge >= 0.3 is 5.97 Å². The lowest BCUT2D eigenvalue weighted by molar-refractivity contribution is -0.152. The molecule has 3 aromatic carbocycles. The highest BCUT2D eigenvalue weighted by molar-refractivity contribution is 7.99. The Hall–Kier alpha value is -3.91. The maximum absolute atomic E-state index is 12.5.